The van der Waals surface area contributed by atoms with Crippen LogP contribution >= 0.6 is 15.9 Å². The van der Waals surface area contributed by atoms with E-state index >= 15 is 0 Å². The van der Waals surface area contributed by atoms with Gasteiger partial charge in [-0.2, -0.15) is 0 Å². The van der Waals surface area contributed by atoms with Gasteiger partial charge >= 0.3 is 0 Å². The Morgan fingerprint density at radius 3 is 2.65 bits per heavy atom. The first-order chi connectivity index (χ1) is 9.58. The summed E-state index contributed by atoms with van der Waals surface area (Å²) in [6.45, 7) is 4.29. The van der Waals surface area contributed by atoms with Crippen LogP contribution in [0.2, 0.25) is 0 Å². The maximum Gasteiger partial charge on any atom is 0.127 e. The molecule has 1 aliphatic carbocycles. The summed E-state index contributed by atoms with van der Waals surface area (Å²) in [6, 6.07) is 6.98. The molecule has 108 valence electrons. The van der Waals surface area contributed by atoms with E-state index in [-0.39, 0.29) is 0 Å². The fourth-order valence-electron chi connectivity index (χ4n) is 3.40. The van der Waals surface area contributed by atoms with Crippen molar-refractivity contribution in [1.29, 1.82) is 0 Å². The highest BCUT2D eigenvalue weighted by Crippen LogP contribution is 2.39. The van der Waals surface area contributed by atoms with E-state index in [0.717, 1.165) is 15.9 Å². The van der Waals surface area contributed by atoms with Crippen molar-refractivity contribution in [1.82, 2.24) is 5.06 Å². The first-order valence-corrected chi connectivity index (χ1v) is 8.09. The van der Waals surface area contributed by atoms with Crippen LogP contribution in [-0.4, -0.2) is 17.1 Å². The van der Waals surface area contributed by atoms with Crippen LogP contribution < -0.4 is 5.73 Å². The molecule has 1 aromatic rings. The second kappa shape index (κ2) is 5.41. The van der Waals surface area contributed by atoms with Crippen molar-refractivity contribution in [3.8, 4) is 0 Å². The van der Waals surface area contributed by atoms with Crippen LogP contribution in [-0.2, 0) is 4.84 Å². The highest BCUT2D eigenvalue weighted by molar-refractivity contribution is 9.10. The summed E-state index contributed by atoms with van der Waals surface area (Å²) in [4.78, 5) is 6.06. The molecule has 1 aliphatic heterocycles. The third-order valence-electron chi connectivity index (χ3n) is 4.42. The van der Waals surface area contributed by atoms with E-state index in [1.54, 1.807) is 0 Å². The number of hydrogen-bond acceptors (Lipinski definition) is 3. The van der Waals surface area contributed by atoms with E-state index in [2.05, 4.69) is 47.0 Å². The molecule has 3 nitrogen and oxygen atoms in total. The van der Waals surface area contributed by atoms with Crippen molar-refractivity contribution < 1.29 is 4.84 Å². The normalized spacial score (nSPS) is 24.4. The van der Waals surface area contributed by atoms with Gasteiger partial charge in [0.05, 0.1) is 6.04 Å². The summed E-state index contributed by atoms with van der Waals surface area (Å²) < 4.78 is 0.946. The number of nitrogens with zero attached hydrogens (tertiary/aromatic N) is 1. The molecule has 1 atom stereocenters. The highest BCUT2D eigenvalue weighted by Gasteiger charge is 2.36. The molecule has 1 fully saturated rings. The van der Waals surface area contributed by atoms with Crippen molar-refractivity contribution in [3.63, 3.8) is 0 Å². The van der Waals surface area contributed by atoms with Gasteiger partial charge < -0.3 is 10.6 Å². The van der Waals surface area contributed by atoms with Crippen LogP contribution in [0.25, 0.3) is 5.57 Å². The molecule has 4 heteroatoms. The summed E-state index contributed by atoms with van der Waals surface area (Å²) in [5.74, 6) is 1.01. The number of nitrogens with two attached hydrogens (primary N) is 1. The molecule has 0 saturated heterocycles. The fraction of sp³-hybridized carbons (Fsp3) is 0.500. The van der Waals surface area contributed by atoms with Crippen molar-refractivity contribution in [2.45, 2.75) is 51.6 Å². The van der Waals surface area contributed by atoms with Crippen LogP contribution in [0.15, 0.2) is 28.4 Å². The van der Waals surface area contributed by atoms with E-state index in [4.69, 9.17) is 10.6 Å². The Balaban J connectivity index is 1.88. The number of halogens is 1. The second-order valence-electron chi connectivity index (χ2n) is 5.77. The maximum atomic E-state index is 6.06. The van der Waals surface area contributed by atoms with Crippen LogP contribution in [0.5, 0.6) is 0 Å². The number of anilines is 1. The number of benzene rings is 1. The second-order valence-corrected chi connectivity index (χ2v) is 6.63. The third-order valence-corrected chi connectivity index (χ3v) is 5.10. The molecule has 1 aromatic carbocycles. The minimum Gasteiger partial charge on any atom is -0.410 e. The van der Waals surface area contributed by atoms with Crippen molar-refractivity contribution in [3.05, 3.63) is 34.0 Å². The third kappa shape index (κ3) is 2.35. The topological polar surface area (TPSA) is 38.5 Å². The van der Waals surface area contributed by atoms with E-state index in [1.165, 1.54) is 36.8 Å². The van der Waals surface area contributed by atoms with Crippen molar-refractivity contribution in [2.24, 2.45) is 0 Å². The predicted molar refractivity (Wildman–Crippen MR) is 85.8 cm³/mol. The lowest BCUT2D eigenvalue weighted by Gasteiger charge is -2.27. The Hall–Kier alpha value is -1.00. The molecule has 0 aromatic heterocycles. The first kappa shape index (κ1) is 14.0. The SMILES string of the molecule is CC1=C(c2ccc(N)c(Br)c2)C(C)N(C2CCCC2)O1. The number of rotatable bonds is 2. The lowest BCUT2D eigenvalue weighted by atomic mass is 9.98. The Morgan fingerprint density at radius 1 is 1.30 bits per heavy atom. The molecule has 1 unspecified atom stereocenters. The minimum atomic E-state index is 0.300. The van der Waals surface area contributed by atoms with Gasteiger partial charge in [0.2, 0.25) is 0 Å². The average Bonchev–Trinajstić information content (AvgIpc) is 3.02. The number of hydrogen-bond donors (Lipinski definition) is 1. The predicted octanol–water partition coefficient (Wildman–Crippen LogP) is 4.34. The molecule has 0 amide bonds. The van der Waals surface area contributed by atoms with Crippen molar-refractivity contribution in [2.75, 3.05) is 5.73 Å². The van der Waals surface area contributed by atoms with Gasteiger partial charge in [0, 0.05) is 21.8 Å². The quantitative estimate of drug-likeness (QED) is 0.816. The van der Waals surface area contributed by atoms with E-state index in [9.17, 15) is 0 Å². The summed E-state index contributed by atoms with van der Waals surface area (Å²) >= 11 is 3.51. The van der Waals surface area contributed by atoms with E-state index in [0.29, 0.717) is 12.1 Å². The molecule has 0 radical (unpaired) electrons. The van der Waals surface area contributed by atoms with Crippen LogP contribution in [0.3, 0.4) is 0 Å². The van der Waals surface area contributed by atoms with Crippen LogP contribution in [0.1, 0.15) is 45.1 Å². The lowest BCUT2D eigenvalue weighted by molar-refractivity contribution is -0.143. The molecule has 2 N–H and O–H groups in total. The molecule has 1 saturated carbocycles. The molecular weight excluding hydrogens is 316 g/mol. The molecule has 20 heavy (non-hydrogen) atoms. The van der Waals surface area contributed by atoms with E-state index in [1.807, 2.05) is 6.07 Å². The first-order valence-electron chi connectivity index (χ1n) is 7.30. The summed E-state index contributed by atoms with van der Waals surface area (Å²) in [5.41, 5.74) is 9.12. The Morgan fingerprint density at radius 2 is 2.00 bits per heavy atom. The molecule has 0 bridgehead atoms. The van der Waals surface area contributed by atoms with Crippen molar-refractivity contribution >= 4 is 27.2 Å². The van der Waals surface area contributed by atoms with Crippen LogP contribution in [0.4, 0.5) is 5.69 Å². The Labute approximate surface area is 128 Å². The fourth-order valence-corrected chi connectivity index (χ4v) is 3.78. The molecule has 2 aliphatic rings. The number of allylic oxidation sites excluding steroid dienone is 1. The van der Waals surface area contributed by atoms with Gasteiger partial charge in [0.25, 0.3) is 0 Å². The number of nitrogen functional groups attached to an aromatic ring is 1. The monoisotopic (exact) mass is 336 g/mol. The molecular formula is C16H21BrN2O. The number of hydroxylamine groups is 2. The zero-order chi connectivity index (χ0) is 14.3. The Bertz CT molecular complexity index is 549. The van der Waals surface area contributed by atoms with E-state index < -0.39 is 0 Å². The largest absolute Gasteiger partial charge is 0.410 e. The zero-order valence-corrected chi connectivity index (χ0v) is 13.6. The van der Waals surface area contributed by atoms with Gasteiger partial charge in [-0.15, -0.1) is 5.06 Å². The Kier molecular flexibility index (Phi) is 3.78. The molecule has 3 rings (SSSR count). The summed E-state index contributed by atoms with van der Waals surface area (Å²) in [5, 5.41) is 2.20. The lowest BCUT2D eigenvalue weighted by Crippen LogP contribution is -2.36. The van der Waals surface area contributed by atoms with Crippen LogP contribution in [0, 0.1) is 0 Å². The standard InChI is InChI=1S/C16H21BrN2O/c1-10-16(12-7-8-15(18)14(17)9-12)11(2)20-19(10)13-5-3-4-6-13/h7-10,13H,3-6,18H2,1-2H3. The minimum absolute atomic E-state index is 0.300. The summed E-state index contributed by atoms with van der Waals surface area (Å²) in [7, 11) is 0. The molecule has 1 heterocycles. The molecule has 0 spiro atoms. The van der Waals surface area contributed by atoms with Gasteiger partial charge in [0.15, 0.2) is 0 Å². The zero-order valence-electron chi connectivity index (χ0n) is 12.0. The van der Waals surface area contributed by atoms with Gasteiger partial charge in [-0.25, -0.2) is 0 Å². The van der Waals surface area contributed by atoms with Gasteiger partial charge in [0.1, 0.15) is 5.76 Å². The van der Waals surface area contributed by atoms with Gasteiger partial charge in [-0.1, -0.05) is 18.9 Å². The van der Waals surface area contributed by atoms with Gasteiger partial charge in [-0.05, 0) is 60.3 Å². The average molecular weight is 337 g/mol. The smallest absolute Gasteiger partial charge is 0.127 e. The summed E-state index contributed by atoms with van der Waals surface area (Å²) in [6.07, 6.45) is 5.13. The maximum absolute atomic E-state index is 6.06. The van der Waals surface area contributed by atoms with Gasteiger partial charge in [-0.3, -0.25) is 0 Å². The highest BCUT2D eigenvalue weighted by atomic mass is 79.9.